The minimum atomic E-state index is -0.472. The Morgan fingerprint density at radius 1 is 1.18 bits per heavy atom. The van der Waals surface area contributed by atoms with E-state index in [4.69, 9.17) is 9.47 Å². The van der Waals surface area contributed by atoms with Gasteiger partial charge in [0.25, 0.3) is 0 Å². The van der Waals surface area contributed by atoms with Crippen LogP contribution in [0.4, 0.5) is 4.79 Å². The zero-order chi connectivity index (χ0) is 16.9. The van der Waals surface area contributed by atoms with Crippen molar-refractivity contribution in [3.63, 3.8) is 0 Å². The van der Waals surface area contributed by atoms with Crippen LogP contribution in [0, 0.1) is 5.92 Å². The van der Waals surface area contributed by atoms with Crippen LogP contribution < -0.4 is 5.32 Å². The van der Waals surface area contributed by atoms with Crippen molar-refractivity contribution in [3.8, 4) is 0 Å². The first-order chi connectivity index (χ1) is 10.1. The highest BCUT2D eigenvalue weighted by molar-refractivity contribution is 5.76. The van der Waals surface area contributed by atoms with Gasteiger partial charge in [-0.1, -0.05) is 13.8 Å². The molecule has 1 aliphatic rings. The molecule has 1 fully saturated rings. The third kappa shape index (κ3) is 5.83. The molecule has 0 aromatic rings. The van der Waals surface area contributed by atoms with Crippen LogP contribution in [0.2, 0.25) is 0 Å². The van der Waals surface area contributed by atoms with Crippen molar-refractivity contribution >= 4 is 12.1 Å². The third-order valence-corrected chi connectivity index (χ3v) is 3.68. The van der Waals surface area contributed by atoms with Crippen molar-refractivity contribution < 1.29 is 19.1 Å². The number of nitrogens with zero attached hydrogens (tertiary/aromatic N) is 1. The van der Waals surface area contributed by atoms with E-state index < -0.39 is 5.60 Å². The predicted molar refractivity (Wildman–Crippen MR) is 84.6 cm³/mol. The summed E-state index contributed by atoms with van der Waals surface area (Å²) in [5.41, 5.74) is -0.472. The Balaban J connectivity index is 2.48. The Labute approximate surface area is 133 Å². The van der Waals surface area contributed by atoms with Gasteiger partial charge in [0.15, 0.2) is 0 Å². The van der Waals surface area contributed by atoms with E-state index in [1.54, 1.807) is 4.90 Å². The van der Waals surface area contributed by atoms with Crippen molar-refractivity contribution in [2.24, 2.45) is 5.92 Å². The molecule has 0 spiro atoms. The number of esters is 1. The normalized spacial score (nSPS) is 18.2. The molecule has 6 nitrogen and oxygen atoms in total. The molecule has 0 unspecified atom stereocenters. The lowest BCUT2D eigenvalue weighted by Crippen LogP contribution is -2.52. The Bertz CT molecular complexity index is 382. The number of piperidine rings is 1. The molecule has 1 amide bonds. The summed E-state index contributed by atoms with van der Waals surface area (Å²) >= 11 is 0. The number of rotatable bonds is 4. The number of amides is 1. The fraction of sp³-hybridized carbons (Fsp3) is 0.875. The SMILES string of the molecule is COC(=O)[C@H](NC1CCN(C(=O)OC(C)(C)C)CC1)C(C)C. The van der Waals surface area contributed by atoms with Crippen molar-refractivity contribution in [1.29, 1.82) is 0 Å². The van der Waals surface area contributed by atoms with Gasteiger partial charge in [0.2, 0.25) is 0 Å². The largest absolute Gasteiger partial charge is 0.468 e. The van der Waals surface area contributed by atoms with Gasteiger partial charge in [-0.05, 0) is 39.5 Å². The second-order valence-corrected chi connectivity index (χ2v) is 7.15. The molecule has 0 radical (unpaired) electrons. The van der Waals surface area contributed by atoms with Crippen LogP contribution in [0.15, 0.2) is 0 Å². The van der Waals surface area contributed by atoms with Gasteiger partial charge in [0, 0.05) is 19.1 Å². The highest BCUT2D eigenvalue weighted by Gasteiger charge is 2.30. The molecule has 128 valence electrons. The van der Waals surface area contributed by atoms with Gasteiger partial charge in [-0.15, -0.1) is 0 Å². The van der Waals surface area contributed by atoms with E-state index in [1.807, 2.05) is 34.6 Å². The highest BCUT2D eigenvalue weighted by Crippen LogP contribution is 2.17. The van der Waals surface area contributed by atoms with E-state index in [0.29, 0.717) is 13.1 Å². The van der Waals surface area contributed by atoms with Gasteiger partial charge < -0.3 is 19.7 Å². The van der Waals surface area contributed by atoms with Crippen molar-refractivity contribution in [1.82, 2.24) is 10.2 Å². The van der Waals surface area contributed by atoms with Crippen molar-refractivity contribution in [3.05, 3.63) is 0 Å². The minimum absolute atomic E-state index is 0.163. The van der Waals surface area contributed by atoms with Crippen molar-refractivity contribution in [2.75, 3.05) is 20.2 Å². The molecule has 0 saturated carbocycles. The number of hydrogen-bond donors (Lipinski definition) is 1. The molecule has 22 heavy (non-hydrogen) atoms. The molecule has 1 N–H and O–H groups in total. The summed E-state index contributed by atoms with van der Waals surface area (Å²) in [4.78, 5) is 25.5. The van der Waals surface area contributed by atoms with Crippen LogP contribution in [-0.4, -0.2) is 54.8 Å². The Morgan fingerprint density at radius 2 is 1.73 bits per heavy atom. The molecular weight excluding hydrogens is 284 g/mol. The lowest BCUT2D eigenvalue weighted by Gasteiger charge is -2.35. The maximum atomic E-state index is 12.0. The van der Waals surface area contributed by atoms with Crippen LogP contribution >= 0.6 is 0 Å². The first-order valence-corrected chi connectivity index (χ1v) is 7.96. The summed E-state index contributed by atoms with van der Waals surface area (Å²) in [6.45, 7) is 10.8. The third-order valence-electron chi connectivity index (χ3n) is 3.68. The topological polar surface area (TPSA) is 67.9 Å². The van der Waals surface area contributed by atoms with Crippen molar-refractivity contribution in [2.45, 2.75) is 65.1 Å². The molecule has 1 aliphatic heterocycles. The van der Waals surface area contributed by atoms with Crippen LogP contribution in [-0.2, 0) is 14.3 Å². The van der Waals surface area contributed by atoms with E-state index in [-0.39, 0.29) is 30.1 Å². The monoisotopic (exact) mass is 314 g/mol. The summed E-state index contributed by atoms with van der Waals surface area (Å²) in [5.74, 6) is -0.0686. The average Bonchev–Trinajstić information content (AvgIpc) is 2.42. The van der Waals surface area contributed by atoms with Crippen LogP contribution in [0.3, 0.4) is 0 Å². The van der Waals surface area contributed by atoms with E-state index in [2.05, 4.69) is 5.32 Å². The van der Waals surface area contributed by atoms with Crippen LogP contribution in [0.25, 0.3) is 0 Å². The minimum Gasteiger partial charge on any atom is -0.468 e. The van der Waals surface area contributed by atoms with E-state index >= 15 is 0 Å². The molecule has 1 atom stereocenters. The molecule has 1 saturated heterocycles. The zero-order valence-electron chi connectivity index (χ0n) is 14.6. The van der Waals surface area contributed by atoms with E-state index in [1.165, 1.54) is 7.11 Å². The van der Waals surface area contributed by atoms with E-state index in [0.717, 1.165) is 12.8 Å². The fourth-order valence-corrected chi connectivity index (χ4v) is 2.47. The molecule has 6 heteroatoms. The number of carbonyl (C=O) groups is 2. The Morgan fingerprint density at radius 3 is 2.14 bits per heavy atom. The lowest BCUT2D eigenvalue weighted by atomic mass is 9.99. The van der Waals surface area contributed by atoms with Gasteiger partial charge in [-0.2, -0.15) is 0 Å². The second-order valence-electron chi connectivity index (χ2n) is 7.15. The summed E-state index contributed by atoms with van der Waals surface area (Å²) in [7, 11) is 1.41. The second kappa shape index (κ2) is 7.81. The number of carbonyl (C=O) groups excluding carboxylic acids is 2. The smallest absolute Gasteiger partial charge is 0.410 e. The standard InChI is InChI=1S/C16H30N2O4/c1-11(2)13(14(19)21-6)17-12-7-9-18(10-8-12)15(20)22-16(3,4)5/h11-13,17H,7-10H2,1-6H3/t13-/m1/s1. The molecule has 0 aromatic carbocycles. The zero-order valence-corrected chi connectivity index (χ0v) is 14.6. The maximum absolute atomic E-state index is 12.0. The lowest BCUT2D eigenvalue weighted by molar-refractivity contribution is -0.144. The van der Waals surface area contributed by atoms with E-state index in [9.17, 15) is 9.59 Å². The first kappa shape index (κ1) is 18.7. The van der Waals surface area contributed by atoms with Gasteiger partial charge in [-0.25, -0.2) is 4.79 Å². The Kier molecular flexibility index (Phi) is 6.66. The number of ether oxygens (including phenoxy) is 2. The summed E-state index contributed by atoms with van der Waals surface area (Å²) in [6.07, 6.45) is 1.35. The molecule has 1 rings (SSSR count). The molecule has 0 bridgehead atoms. The van der Waals surface area contributed by atoms with Gasteiger partial charge in [0.05, 0.1) is 7.11 Å². The van der Waals surface area contributed by atoms with Crippen LogP contribution in [0.5, 0.6) is 0 Å². The number of hydrogen-bond acceptors (Lipinski definition) is 5. The fourth-order valence-electron chi connectivity index (χ4n) is 2.47. The summed E-state index contributed by atoms with van der Waals surface area (Å²) < 4.78 is 10.2. The summed E-state index contributed by atoms with van der Waals surface area (Å²) in [5, 5.41) is 3.36. The quantitative estimate of drug-likeness (QED) is 0.806. The number of nitrogens with one attached hydrogen (secondary N) is 1. The summed E-state index contributed by atoms with van der Waals surface area (Å²) in [6, 6.07) is -0.0896. The molecule has 0 aliphatic carbocycles. The van der Waals surface area contributed by atoms with Gasteiger partial charge >= 0.3 is 12.1 Å². The molecule has 0 aromatic heterocycles. The molecular formula is C16H30N2O4. The maximum Gasteiger partial charge on any atom is 0.410 e. The van der Waals surface area contributed by atoms with Gasteiger partial charge in [-0.3, -0.25) is 4.79 Å². The number of likely N-dealkylation sites (tertiary alicyclic amines) is 1. The predicted octanol–water partition coefficient (Wildman–Crippen LogP) is 2.17. The highest BCUT2D eigenvalue weighted by atomic mass is 16.6. The average molecular weight is 314 g/mol. The van der Waals surface area contributed by atoms with Gasteiger partial charge in [0.1, 0.15) is 11.6 Å². The number of methoxy groups -OCH3 is 1. The van der Waals surface area contributed by atoms with Crippen LogP contribution in [0.1, 0.15) is 47.5 Å². The Hall–Kier alpha value is -1.30. The molecule has 1 heterocycles. The first-order valence-electron chi connectivity index (χ1n) is 7.96.